The highest BCUT2D eigenvalue weighted by Crippen LogP contribution is 2.28. The summed E-state index contributed by atoms with van der Waals surface area (Å²) in [6.45, 7) is 3.95. The molecule has 0 unspecified atom stereocenters. The first kappa shape index (κ1) is 10.7. The predicted octanol–water partition coefficient (Wildman–Crippen LogP) is 2.78. The molecule has 1 aromatic heterocycles. The van der Waals surface area contributed by atoms with E-state index in [4.69, 9.17) is 5.73 Å². The number of fused-ring (bicyclic) bond motifs is 1. The summed E-state index contributed by atoms with van der Waals surface area (Å²) >= 11 is 0. The van der Waals surface area contributed by atoms with Crippen molar-refractivity contribution in [3.63, 3.8) is 0 Å². The standard InChI is InChI=1S/C12H14FN3/c1-7(2)16-12-11-8(5-6-15-12)10(14)4-3-9(11)13/h3-7H,14H2,1-2H3,(H,15,16). The molecule has 0 aliphatic rings. The minimum atomic E-state index is -0.305. The number of benzene rings is 1. The van der Waals surface area contributed by atoms with Crippen LogP contribution in [0.15, 0.2) is 24.4 Å². The van der Waals surface area contributed by atoms with E-state index in [-0.39, 0.29) is 11.9 Å². The summed E-state index contributed by atoms with van der Waals surface area (Å²) in [5.41, 5.74) is 6.36. The van der Waals surface area contributed by atoms with Crippen LogP contribution in [0.1, 0.15) is 13.8 Å². The molecule has 0 aliphatic heterocycles. The molecule has 0 amide bonds. The number of nitrogen functional groups attached to an aromatic ring is 1. The van der Waals surface area contributed by atoms with E-state index in [0.29, 0.717) is 22.3 Å². The van der Waals surface area contributed by atoms with Crippen LogP contribution in [0.2, 0.25) is 0 Å². The van der Waals surface area contributed by atoms with Crippen molar-refractivity contribution in [3.8, 4) is 0 Å². The van der Waals surface area contributed by atoms with E-state index in [0.717, 1.165) is 0 Å². The van der Waals surface area contributed by atoms with Crippen molar-refractivity contribution in [1.82, 2.24) is 4.98 Å². The lowest BCUT2D eigenvalue weighted by Gasteiger charge is -2.12. The Labute approximate surface area is 93.5 Å². The molecule has 2 aromatic rings. The second-order valence-corrected chi connectivity index (χ2v) is 4.02. The number of anilines is 2. The van der Waals surface area contributed by atoms with E-state index in [2.05, 4.69) is 10.3 Å². The topological polar surface area (TPSA) is 50.9 Å². The Hall–Kier alpha value is -1.84. The summed E-state index contributed by atoms with van der Waals surface area (Å²) < 4.78 is 13.7. The fourth-order valence-electron chi connectivity index (χ4n) is 1.66. The molecule has 84 valence electrons. The Morgan fingerprint density at radius 2 is 2.06 bits per heavy atom. The molecule has 2 rings (SSSR count). The van der Waals surface area contributed by atoms with Gasteiger partial charge >= 0.3 is 0 Å². The number of halogens is 1. The minimum absolute atomic E-state index is 0.193. The molecule has 0 radical (unpaired) electrons. The van der Waals surface area contributed by atoms with Crippen LogP contribution in [-0.4, -0.2) is 11.0 Å². The maximum Gasteiger partial charge on any atom is 0.137 e. The number of nitrogens with two attached hydrogens (primary N) is 1. The molecule has 0 bridgehead atoms. The molecule has 1 heterocycles. The number of nitrogens with zero attached hydrogens (tertiary/aromatic N) is 1. The third-order valence-corrected chi connectivity index (χ3v) is 2.34. The largest absolute Gasteiger partial charge is 0.398 e. The zero-order valence-corrected chi connectivity index (χ0v) is 9.29. The van der Waals surface area contributed by atoms with Crippen molar-refractivity contribution < 1.29 is 4.39 Å². The fourth-order valence-corrected chi connectivity index (χ4v) is 1.66. The van der Waals surface area contributed by atoms with Crippen molar-refractivity contribution >= 4 is 22.3 Å². The quantitative estimate of drug-likeness (QED) is 0.763. The summed E-state index contributed by atoms with van der Waals surface area (Å²) in [5.74, 6) is 0.234. The van der Waals surface area contributed by atoms with Gasteiger partial charge in [0.25, 0.3) is 0 Å². The lowest BCUT2D eigenvalue weighted by Crippen LogP contribution is -2.11. The highest BCUT2D eigenvalue weighted by atomic mass is 19.1. The van der Waals surface area contributed by atoms with Gasteiger partial charge in [-0.1, -0.05) is 0 Å². The van der Waals surface area contributed by atoms with Gasteiger partial charge in [0.15, 0.2) is 0 Å². The number of nitrogens with one attached hydrogen (secondary N) is 1. The van der Waals surface area contributed by atoms with Crippen molar-refractivity contribution in [2.24, 2.45) is 0 Å². The summed E-state index contributed by atoms with van der Waals surface area (Å²) in [7, 11) is 0. The second-order valence-electron chi connectivity index (χ2n) is 4.02. The van der Waals surface area contributed by atoms with Crippen LogP contribution in [0.3, 0.4) is 0 Å². The van der Waals surface area contributed by atoms with Crippen LogP contribution in [0.5, 0.6) is 0 Å². The molecule has 0 saturated carbocycles. The van der Waals surface area contributed by atoms with Gasteiger partial charge < -0.3 is 11.1 Å². The van der Waals surface area contributed by atoms with Crippen LogP contribution < -0.4 is 11.1 Å². The van der Waals surface area contributed by atoms with Gasteiger partial charge in [-0.2, -0.15) is 0 Å². The van der Waals surface area contributed by atoms with Gasteiger partial charge in [0.1, 0.15) is 11.6 Å². The third-order valence-electron chi connectivity index (χ3n) is 2.34. The molecule has 0 atom stereocenters. The molecule has 0 fully saturated rings. The molecular weight excluding hydrogens is 205 g/mol. The highest BCUT2D eigenvalue weighted by Gasteiger charge is 2.10. The molecular formula is C12H14FN3. The number of aromatic nitrogens is 1. The van der Waals surface area contributed by atoms with E-state index in [9.17, 15) is 4.39 Å². The van der Waals surface area contributed by atoms with Crippen LogP contribution in [0.25, 0.3) is 10.8 Å². The Morgan fingerprint density at radius 3 is 2.75 bits per heavy atom. The van der Waals surface area contributed by atoms with Gasteiger partial charge in [-0.15, -0.1) is 0 Å². The molecule has 3 nitrogen and oxygen atoms in total. The maximum atomic E-state index is 13.7. The zero-order valence-electron chi connectivity index (χ0n) is 9.29. The molecule has 16 heavy (non-hydrogen) atoms. The summed E-state index contributed by atoms with van der Waals surface area (Å²) in [6.07, 6.45) is 1.63. The highest BCUT2D eigenvalue weighted by molar-refractivity contribution is 5.99. The van der Waals surface area contributed by atoms with Crippen molar-refractivity contribution in [1.29, 1.82) is 0 Å². The predicted molar refractivity (Wildman–Crippen MR) is 64.9 cm³/mol. The second kappa shape index (κ2) is 3.96. The Bertz CT molecular complexity index is 523. The zero-order chi connectivity index (χ0) is 11.7. The molecule has 1 aromatic carbocycles. The lowest BCUT2D eigenvalue weighted by molar-refractivity contribution is 0.639. The minimum Gasteiger partial charge on any atom is -0.398 e. The van der Waals surface area contributed by atoms with Crippen molar-refractivity contribution in [2.75, 3.05) is 11.1 Å². The molecule has 4 heteroatoms. The monoisotopic (exact) mass is 219 g/mol. The summed E-state index contributed by atoms with van der Waals surface area (Å²) in [6, 6.07) is 4.85. The average molecular weight is 219 g/mol. The van der Waals surface area contributed by atoms with E-state index in [1.54, 1.807) is 18.3 Å². The van der Waals surface area contributed by atoms with E-state index < -0.39 is 0 Å². The summed E-state index contributed by atoms with van der Waals surface area (Å²) in [4.78, 5) is 4.14. The van der Waals surface area contributed by atoms with Gasteiger partial charge in [-0.25, -0.2) is 9.37 Å². The van der Waals surface area contributed by atoms with Crippen LogP contribution >= 0.6 is 0 Å². The molecule has 0 saturated heterocycles. The first-order valence-electron chi connectivity index (χ1n) is 5.19. The third kappa shape index (κ3) is 1.78. The Kier molecular flexibility index (Phi) is 2.64. The van der Waals surface area contributed by atoms with E-state index in [1.807, 2.05) is 13.8 Å². The van der Waals surface area contributed by atoms with Gasteiger partial charge in [-0.05, 0) is 32.0 Å². The van der Waals surface area contributed by atoms with Crippen LogP contribution in [0.4, 0.5) is 15.9 Å². The van der Waals surface area contributed by atoms with Crippen molar-refractivity contribution in [2.45, 2.75) is 19.9 Å². The SMILES string of the molecule is CC(C)Nc1nccc2c(N)ccc(F)c12. The molecule has 0 aliphatic carbocycles. The van der Waals surface area contributed by atoms with E-state index in [1.165, 1.54) is 6.07 Å². The fraction of sp³-hybridized carbons (Fsp3) is 0.250. The first-order valence-corrected chi connectivity index (χ1v) is 5.19. The van der Waals surface area contributed by atoms with Crippen molar-refractivity contribution in [3.05, 3.63) is 30.2 Å². The number of pyridine rings is 1. The number of rotatable bonds is 2. The number of hydrogen-bond donors (Lipinski definition) is 2. The normalized spacial score (nSPS) is 11.0. The Balaban J connectivity index is 2.71. The van der Waals surface area contributed by atoms with Gasteiger partial charge in [0.05, 0.1) is 5.39 Å². The van der Waals surface area contributed by atoms with Gasteiger partial charge in [-0.3, -0.25) is 0 Å². The smallest absolute Gasteiger partial charge is 0.137 e. The van der Waals surface area contributed by atoms with Gasteiger partial charge in [0, 0.05) is 23.3 Å². The summed E-state index contributed by atoms with van der Waals surface area (Å²) in [5, 5.41) is 4.26. The van der Waals surface area contributed by atoms with E-state index >= 15 is 0 Å². The molecule has 3 N–H and O–H groups in total. The lowest BCUT2D eigenvalue weighted by atomic mass is 10.1. The first-order chi connectivity index (χ1) is 7.59. The average Bonchev–Trinajstić information content (AvgIpc) is 2.23. The van der Waals surface area contributed by atoms with Gasteiger partial charge in [0.2, 0.25) is 0 Å². The number of hydrogen-bond acceptors (Lipinski definition) is 3. The maximum absolute atomic E-state index is 13.7. The van der Waals surface area contributed by atoms with Crippen LogP contribution in [-0.2, 0) is 0 Å². The Morgan fingerprint density at radius 1 is 1.31 bits per heavy atom. The van der Waals surface area contributed by atoms with Crippen LogP contribution in [0, 0.1) is 5.82 Å². The molecule has 0 spiro atoms.